The average molecular weight is 435 g/mol. The van der Waals surface area contributed by atoms with Crippen molar-refractivity contribution in [1.82, 2.24) is 14.1 Å². The van der Waals surface area contributed by atoms with Crippen LogP contribution in [0.4, 0.5) is 0 Å². The van der Waals surface area contributed by atoms with Crippen LogP contribution in [0.15, 0.2) is 107 Å². The zero-order valence-electron chi connectivity index (χ0n) is 18.0. The second-order valence-electron chi connectivity index (χ2n) is 7.77. The predicted octanol–water partition coefficient (Wildman–Crippen LogP) is 4.42. The van der Waals surface area contributed by atoms with Gasteiger partial charge in [0.15, 0.2) is 0 Å². The first-order valence-electron chi connectivity index (χ1n) is 10.6. The lowest BCUT2D eigenvalue weighted by atomic mass is 10.1. The second kappa shape index (κ2) is 8.59. The minimum absolute atomic E-state index is 0.381. The summed E-state index contributed by atoms with van der Waals surface area (Å²) in [5.74, 6) is 0.643. The Morgan fingerprint density at radius 3 is 2.39 bits per heavy atom. The predicted molar refractivity (Wildman–Crippen MR) is 128 cm³/mol. The smallest absolute Gasteiger partial charge is 0.340 e. The number of benzene rings is 3. The molecule has 2 aromatic heterocycles. The van der Waals surface area contributed by atoms with Crippen molar-refractivity contribution in [2.24, 2.45) is 0 Å². The molecule has 162 valence electrons. The fourth-order valence-corrected chi connectivity index (χ4v) is 3.90. The van der Waals surface area contributed by atoms with Crippen molar-refractivity contribution in [2.75, 3.05) is 0 Å². The van der Waals surface area contributed by atoms with Gasteiger partial charge in [0, 0.05) is 12.3 Å². The van der Waals surface area contributed by atoms with E-state index in [1.807, 2.05) is 61.5 Å². The lowest BCUT2D eigenvalue weighted by Gasteiger charge is -2.16. The maximum Gasteiger partial charge on any atom is 0.340 e. The highest BCUT2D eigenvalue weighted by molar-refractivity contribution is 5.80. The fourth-order valence-electron chi connectivity index (χ4n) is 3.90. The van der Waals surface area contributed by atoms with Crippen LogP contribution in [0, 0.1) is 6.92 Å². The van der Waals surface area contributed by atoms with E-state index in [0.717, 1.165) is 15.7 Å². The highest BCUT2D eigenvalue weighted by Gasteiger charge is 2.16. The van der Waals surface area contributed by atoms with Crippen LogP contribution < -0.4 is 16.0 Å². The molecule has 0 atom stereocenters. The highest BCUT2D eigenvalue weighted by atomic mass is 16.5. The molecule has 0 N–H and O–H groups in total. The molecular formula is C27H21N3O3. The SMILES string of the molecule is Cc1cc(OCc2ccccc2)cc(-n2c(=O)n(-c3cccnc3)c(=O)c3ccccc32)c1. The van der Waals surface area contributed by atoms with Gasteiger partial charge in [-0.15, -0.1) is 0 Å². The largest absolute Gasteiger partial charge is 0.489 e. The number of fused-ring (bicyclic) bond motifs is 1. The van der Waals surface area contributed by atoms with Crippen molar-refractivity contribution >= 4 is 10.9 Å². The summed E-state index contributed by atoms with van der Waals surface area (Å²) in [6.45, 7) is 2.36. The molecule has 0 fully saturated rings. The molecule has 0 amide bonds. The number of rotatable bonds is 5. The van der Waals surface area contributed by atoms with Crippen LogP contribution in [0.3, 0.4) is 0 Å². The molecule has 2 heterocycles. The Labute approximate surface area is 190 Å². The zero-order valence-corrected chi connectivity index (χ0v) is 18.0. The number of pyridine rings is 1. The Hall–Kier alpha value is -4.45. The summed E-state index contributed by atoms with van der Waals surface area (Å²) in [7, 11) is 0. The van der Waals surface area contributed by atoms with Crippen LogP contribution in [0.1, 0.15) is 11.1 Å². The van der Waals surface area contributed by atoms with E-state index in [0.29, 0.717) is 34.6 Å². The number of aromatic nitrogens is 3. The molecule has 0 unspecified atom stereocenters. The maximum absolute atomic E-state index is 13.7. The number of hydrogen-bond acceptors (Lipinski definition) is 4. The number of hydrogen-bond donors (Lipinski definition) is 0. The van der Waals surface area contributed by atoms with Gasteiger partial charge < -0.3 is 4.74 Å². The molecule has 0 spiro atoms. The molecule has 0 radical (unpaired) electrons. The van der Waals surface area contributed by atoms with Gasteiger partial charge >= 0.3 is 5.69 Å². The summed E-state index contributed by atoms with van der Waals surface area (Å²) in [5.41, 5.74) is 2.71. The molecule has 5 aromatic rings. The maximum atomic E-state index is 13.7. The van der Waals surface area contributed by atoms with Gasteiger partial charge in [-0.1, -0.05) is 42.5 Å². The summed E-state index contributed by atoms with van der Waals surface area (Å²) in [5, 5.41) is 0.439. The monoisotopic (exact) mass is 435 g/mol. The molecule has 0 aliphatic rings. The minimum atomic E-state index is -0.466. The van der Waals surface area contributed by atoms with Gasteiger partial charge in [0.05, 0.1) is 28.5 Å². The number of aryl methyl sites for hydroxylation is 1. The van der Waals surface area contributed by atoms with Crippen LogP contribution >= 0.6 is 0 Å². The molecule has 3 aromatic carbocycles. The molecule has 0 bridgehead atoms. The minimum Gasteiger partial charge on any atom is -0.489 e. The Kier molecular flexibility index (Phi) is 5.32. The molecule has 0 aliphatic carbocycles. The normalized spacial score (nSPS) is 10.9. The van der Waals surface area contributed by atoms with Gasteiger partial charge in [0.25, 0.3) is 5.56 Å². The van der Waals surface area contributed by atoms with Gasteiger partial charge in [-0.05, 0) is 54.4 Å². The van der Waals surface area contributed by atoms with Crippen LogP contribution in [-0.2, 0) is 6.61 Å². The third kappa shape index (κ3) is 3.94. The molecular weight excluding hydrogens is 414 g/mol. The summed E-state index contributed by atoms with van der Waals surface area (Å²) >= 11 is 0. The van der Waals surface area contributed by atoms with Gasteiger partial charge in [0.1, 0.15) is 12.4 Å². The summed E-state index contributed by atoms with van der Waals surface area (Å²) in [6, 6.07) is 26.0. The number of nitrogens with zero attached hydrogens (tertiary/aromatic N) is 3. The van der Waals surface area contributed by atoms with Crippen molar-refractivity contribution in [2.45, 2.75) is 13.5 Å². The van der Waals surface area contributed by atoms with Crippen LogP contribution in [0.2, 0.25) is 0 Å². The van der Waals surface area contributed by atoms with Crippen molar-refractivity contribution < 1.29 is 4.74 Å². The van der Waals surface area contributed by atoms with Crippen molar-refractivity contribution in [3.63, 3.8) is 0 Å². The topological polar surface area (TPSA) is 66.1 Å². The third-order valence-corrected chi connectivity index (χ3v) is 5.41. The van der Waals surface area contributed by atoms with E-state index >= 15 is 0 Å². The van der Waals surface area contributed by atoms with E-state index in [-0.39, 0.29) is 5.56 Å². The fraction of sp³-hybridized carbons (Fsp3) is 0.0741. The van der Waals surface area contributed by atoms with Crippen molar-refractivity contribution in [1.29, 1.82) is 0 Å². The van der Waals surface area contributed by atoms with E-state index < -0.39 is 5.69 Å². The molecule has 5 rings (SSSR count). The quantitative estimate of drug-likeness (QED) is 0.410. The zero-order chi connectivity index (χ0) is 22.8. The highest BCUT2D eigenvalue weighted by Crippen LogP contribution is 2.23. The van der Waals surface area contributed by atoms with Gasteiger partial charge in [0.2, 0.25) is 0 Å². The van der Waals surface area contributed by atoms with Crippen LogP contribution in [0.5, 0.6) is 5.75 Å². The molecule has 0 saturated heterocycles. The molecule has 33 heavy (non-hydrogen) atoms. The molecule has 0 saturated carbocycles. The van der Waals surface area contributed by atoms with Gasteiger partial charge in [-0.2, -0.15) is 0 Å². The van der Waals surface area contributed by atoms with E-state index in [4.69, 9.17) is 4.74 Å². The van der Waals surface area contributed by atoms with Crippen LogP contribution in [-0.4, -0.2) is 14.1 Å². The van der Waals surface area contributed by atoms with Crippen molar-refractivity contribution in [3.05, 3.63) is 129 Å². The average Bonchev–Trinajstić information content (AvgIpc) is 2.84. The summed E-state index contributed by atoms with van der Waals surface area (Å²) in [4.78, 5) is 31.0. The Balaban J connectivity index is 1.70. The Morgan fingerprint density at radius 1 is 0.818 bits per heavy atom. The van der Waals surface area contributed by atoms with E-state index in [1.165, 1.54) is 6.20 Å². The first-order chi connectivity index (χ1) is 16.1. The number of para-hydroxylation sites is 1. The first-order valence-corrected chi connectivity index (χ1v) is 10.6. The Morgan fingerprint density at radius 2 is 1.61 bits per heavy atom. The third-order valence-electron chi connectivity index (χ3n) is 5.41. The summed E-state index contributed by atoms with van der Waals surface area (Å²) < 4.78 is 8.73. The molecule has 6 nitrogen and oxygen atoms in total. The molecule has 6 heteroatoms. The lowest BCUT2D eigenvalue weighted by Crippen LogP contribution is -2.38. The van der Waals surface area contributed by atoms with Gasteiger partial charge in [-0.3, -0.25) is 14.3 Å². The second-order valence-corrected chi connectivity index (χ2v) is 7.77. The van der Waals surface area contributed by atoms with E-state index in [9.17, 15) is 9.59 Å². The summed E-state index contributed by atoms with van der Waals surface area (Å²) in [6.07, 6.45) is 3.11. The number of ether oxygens (including phenoxy) is 1. The van der Waals surface area contributed by atoms with Gasteiger partial charge in [-0.25, -0.2) is 9.36 Å². The van der Waals surface area contributed by atoms with E-state index in [2.05, 4.69) is 4.98 Å². The Bertz CT molecular complexity index is 1560. The van der Waals surface area contributed by atoms with Crippen molar-refractivity contribution in [3.8, 4) is 17.1 Å². The first kappa shape index (κ1) is 20.5. The lowest BCUT2D eigenvalue weighted by molar-refractivity contribution is 0.306. The van der Waals surface area contributed by atoms with Crippen LogP contribution in [0.25, 0.3) is 22.3 Å². The van der Waals surface area contributed by atoms with E-state index in [1.54, 1.807) is 41.1 Å². The molecule has 0 aliphatic heterocycles. The standard InChI is InChI=1S/C27H21N3O3/c1-19-14-22(16-23(15-19)33-18-20-8-3-2-4-9-20)29-25-12-6-5-11-24(25)26(31)30(27(29)32)21-10-7-13-28-17-21/h2-17H,18H2,1H3.